The minimum absolute atomic E-state index is 0.400. The molecule has 4 rings (SSSR count). The third-order valence-corrected chi connectivity index (χ3v) is 6.46. The summed E-state index contributed by atoms with van der Waals surface area (Å²) in [5, 5.41) is 5.41. The van der Waals surface area contributed by atoms with E-state index in [2.05, 4.69) is 21.5 Å². The number of amides is 1. The number of aromatic nitrogens is 1. The van der Waals surface area contributed by atoms with Gasteiger partial charge in [-0.05, 0) is 65.8 Å². The Morgan fingerprint density at radius 1 is 1.15 bits per heavy atom. The number of carbonyl (C=O) groups excluding carboxylic acids is 2. The lowest BCUT2D eigenvalue weighted by Gasteiger charge is -2.15. The minimum atomic E-state index is -0.601. The highest BCUT2D eigenvalue weighted by Gasteiger charge is 2.17. The average Bonchev–Trinajstić information content (AvgIpc) is 3.17. The molecular formula is C27H21ClN2O3S. The summed E-state index contributed by atoms with van der Waals surface area (Å²) in [6, 6.07) is 19.1. The second-order valence-corrected chi connectivity index (χ2v) is 8.86. The Labute approximate surface area is 206 Å². The van der Waals surface area contributed by atoms with E-state index in [1.165, 1.54) is 11.5 Å². The molecule has 4 aromatic rings. The van der Waals surface area contributed by atoms with Crippen LogP contribution < -0.4 is 5.32 Å². The zero-order valence-corrected chi connectivity index (χ0v) is 20.2. The van der Waals surface area contributed by atoms with Crippen molar-refractivity contribution in [3.8, 4) is 11.8 Å². The number of rotatable bonds is 5. The molecule has 1 heterocycles. The van der Waals surface area contributed by atoms with Gasteiger partial charge in [-0.2, -0.15) is 4.37 Å². The SMILES string of the molecule is Cc1nsc(C#Cc2ccc3cc(CC=O)ccc3c2)c1NC(=O)O[C@H](C)c1ccccc1Cl. The first-order valence-electron chi connectivity index (χ1n) is 10.6. The topological polar surface area (TPSA) is 68.3 Å². The maximum atomic E-state index is 12.5. The molecule has 1 amide bonds. The van der Waals surface area contributed by atoms with E-state index in [0.717, 1.165) is 33.7 Å². The minimum Gasteiger partial charge on any atom is -0.441 e. The van der Waals surface area contributed by atoms with Gasteiger partial charge in [0.2, 0.25) is 0 Å². The highest BCUT2D eigenvalue weighted by Crippen LogP contribution is 2.27. The summed E-state index contributed by atoms with van der Waals surface area (Å²) in [6.45, 7) is 3.57. The Kier molecular flexibility index (Phi) is 7.27. The van der Waals surface area contributed by atoms with Crippen LogP contribution in [0, 0.1) is 18.8 Å². The number of hydrogen-bond donors (Lipinski definition) is 1. The zero-order chi connectivity index (χ0) is 24.1. The highest BCUT2D eigenvalue weighted by molar-refractivity contribution is 7.07. The molecule has 7 heteroatoms. The highest BCUT2D eigenvalue weighted by atomic mass is 35.5. The molecule has 0 spiro atoms. The molecule has 0 saturated carbocycles. The summed E-state index contributed by atoms with van der Waals surface area (Å²) in [4.78, 5) is 23.9. The second kappa shape index (κ2) is 10.5. The van der Waals surface area contributed by atoms with E-state index >= 15 is 0 Å². The molecule has 5 nitrogen and oxygen atoms in total. The number of nitrogens with one attached hydrogen (secondary N) is 1. The second-order valence-electron chi connectivity index (χ2n) is 7.68. The Hall–Kier alpha value is -3.66. The van der Waals surface area contributed by atoms with Gasteiger partial charge in [0.25, 0.3) is 0 Å². The van der Waals surface area contributed by atoms with E-state index in [1.807, 2.05) is 61.5 Å². The van der Waals surface area contributed by atoms with Gasteiger partial charge in [-0.1, -0.05) is 60.0 Å². The summed E-state index contributed by atoms with van der Waals surface area (Å²) in [6.07, 6.45) is 0.185. The van der Waals surface area contributed by atoms with Crippen molar-refractivity contribution in [1.29, 1.82) is 0 Å². The van der Waals surface area contributed by atoms with Crippen LogP contribution in [0.4, 0.5) is 10.5 Å². The van der Waals surface area contributed by atoms with Crippen LogP contribution in [-0.4, -0.2) is 16.8 Å². The van der Waals surface area contributed by atoms with Crippen LogP contribution in [0.5, 0.6) is 0 Å². The molecule has 0 saturated heterocycles. The lowest BCUT2D eigenvalue weighted by atomic mass is 10.0. The van der Waals surface area contributed by atoms with Crippen molar-refractivity contribution in [3.63, 3.8) is 0 Å². The van der Waals surface area contributed by atoms with Crippen LogP contribution in [0.25, 0.3) is 10.8 Å². The average molecular weight is 489 g/mol. The standard InChI is InChI=1S/C27H21ClN2O3S/c1-17-26(29-27(32)33-18(2)23-5-3-4-6-24(23)28)25(34-30-17)12-9-19-7-10-22-16-20(13-14-31)8-11-21(22)15-19/h3-8,10-11,14-16,18H,13H2,1-2H3,(H,29,32)/t18-/m1/s1. The van der Waals surface area contributed by atoms with Gasteiger partial charge >= 0.3 is 6.09 Å². The third-order valence-electron chi connectivity index (χ3n) is 5.26. The van der Waals surface area contributed by atoms with Gasteiger partial charge in [0.1, 0.15) is 17.3 Å². The van der Waals surface area contributed by atoms with Crippen LogP contribution in [0.15, 0.2) is 60.7 Å². The van der Waals surface area contributed by atoms with E-state index in [-0.39, 0.29) is 0 Å². The monoisotopic (exact) mass is 488 g/mol. The van der Waals surface area contributed by atoms with Crippen molar-refractivity contribution in [2.45, 2.75) is 26.4 Å². The quantitative estimate of drug-likeness (QED) is 0.250. The van der Waals surface area contributed by atoms with Crippen molar-refractivity contribution in [1.82, 2.24) is 4.37 Å². The summed E-state index contributed by atoms with van der Waals surface area (Å²) in [5.74, 6) is 6.26. The third kappa shape index (κ3) is 5.45. The van der Waals surface area contributed by atoms with Crippen molar-refractivity contribution in [2.75, 3.05) is 5.32 Å². The summed E-state index contributed by atoms with van der Waals surface area (Å²) in [5.41, 5.74) is 3.75. The molecular weight excluding hydrogens is 468 g/mol. The molecule has 1 N–H and O–H groups in total. The van der Waals surface area contributed by atoms with E-state index in [9.17, 15) is 9.59 Å². The molecule has 170 valence electrons. The molecule has 0 aliphatic carbocycles. The largest absolute Gasteiger partial charge is 0.441 e. The molecule has 34 heavy (non-hydrogen) atoms. The predicted molar refractivity (Wildman–Crippen MR) is 137 cm³/mol. The first-order chi connectivity index (χ1) is 16.4. The maximum absolute atomic E-state index is 12.5. The first-order valence-corrected chi connectivity index (χ1v) is 11.8. The molecule has 0 unspecified atom stereocenters. The first kappa shape index (κ1) is 23.5. The Morgan fingerprint density at radius 2 is 1.91 bits per heavy atom. The lowest BCUT2D eigenvalue weighted by Crippen LogP contribution is -2.17. The zero-order valence-electron chi connectivity index (χ0n) is 18.6. The van der Waals surface area contributed by atoms with Gasteiger partial charge in [-0.15, -0.1) is 0 Å². The molecule has 0 aliphatic heterocycles. The van der Waals surface area contributed by atoms with Gasteiger partial charge in [0.15, 0.2) is 0 Å². The summed E-state index contributed by atoms with van der Waals surface area (Å²) < 4.78 is 9.84. The molecule has 1 aromatic heterocycles. The molecule has 0 aliphatic rings. The fraction of sp³-hybridized carbons (Fsp3) is 0.148. The Bertz CT molecular complexity index is 1430. The number of anilines is 1. The summed E-state index contributed by atoms with van der Waals surface area (Å²) >= 11 is 7.42. The number of nitrogens with zero attached hydrogens (tertiary/aromatic N) is 1. The van der Waals surface area contributed by atoms with Crippen molar-refractivity contribution in [2.24, 2.45) is 0 Å². The molecule has 3 aromatic carbocycles. The van der Waals surface area contributed by atoms with Crippen LogP contribution in [0.1, 0.15) is 40.3 Å². The number of aryl methyl sites for hydroxylation is 1. The fourth-order valence-electron chi connectivity index (χ4n) is 3.49. The number of ether oxygens (including phenoxy) is 1. The van der Waals surface area contributed by atoms with Gasteiger partial charge in [0, 0.05) is 22.6 Å². The van der Waals surface area contributed by atoms with Crippen LogP contribution in [-0.2, 0) is 16.0 Å². The number of fused-ring (bicyclic) bond motifs is 1. The fourth-order valence-corrected chi connectivity index (χ4v) is 4.48. The van der Waals surface area contributed by atoms with E-state index in [4.69, 9.17) is 16.3 Å². The Balaban J connectivity index is 1.50. The van der Waals surface area contributed by atoms with Crippen LogP contribution in [0.3, 0.4) is 0 Å². The van der Waals surface area contributed by atoms with Gasteiger partial charge < -0.3 is 9.53 Å². The number of benzene rings is 3. The smallest absolute Gasteiger partial charge is 0.412 e. The van der Waals surface area contributed by atoms with Gasteiger partial charge in [-0.3, -0.25) is 5.32 Å². The molecule has 0 radical (unpaired) electrons. The van der Waals surface area contributed by atoms with E-state index in [1.54, 1.807) is 13.0 Å². The van der Waals surface area contributed by atoms with Gasteiger partial charge in [-0.25, -0.2) is 4.79 Å². The van der Waals surface area contributed by atoms with Crippen LogP contribution in [0.2, 0.25) is 5.02 Å². The molecule has 1 atom stereocenters. The molecule has 0 bridgehead atoms. The normalized spacial score (nSPS) is 11.4. The van der Waals surface area contributed by atoms with Crippen molar-refractivity contribution >= 4 is 52.0 Å². The lowest BCUT2D eigenvalue weighted by molar-refractivity contribution is -0.107. The summed E-state index contributed by atoms with van der Waals surface area (Å²) in [7, 11) is 0. The Morgan fingerprint density at radius 3 is 2.71 bits per heavy atom. The van der Waals surface area contributed by atoms with Crippen molar-refractivity contribution < 1.29 is 14.3 Å². The number of halogens is 1. The van der Waals surface area contributed by atoms with Gasteiger partial charge in [0.05, 0.1) is 11.4 Å². The number of hydrogen-bond acceptors (Lipinski definition) is 5. The van der Waals surface area contributed by atoms with E-state index in [0.29, 0.717) is 27.7 Å². The van der Waals surface area contributed by atoms with Crippen LogP contribution >= 0.6 is 23.1 Å². The number of carbonyl (C=O) groups is 2. The number of aldehydes is 1. The van der Waals surface area contributed by atoms with Crippen molar-refractivity contribution in [3.05, 3.63) is 92.9 Å². The van der Waals surface area contributed by atoms with E-state index < -0.39 is 12.2 Å². The molecule has 0 fully saturated rings. The predicted octanol–water partition coefficient (Wildman–Crippen LogP) is 6.71. The maximum Gasteiger partial charge on any atom is 0.412 e.